The van der Waals surface area contributed by atoms with Gasteiger partial charge in [0.05, 0.1) is 5.41 Å². The minimum absolute atomic E-state index is 0.0131. The standard InChI is InChI=1S/C22H40O2/c1-7-21(5,6)20(23)24-22(8-2,9-3)19-12-10-11-18(19)17-14-13-16(4)15-17/h16-19H,7-15H2,1-6H3. The molecule has 0 spiro atoms. The van der Waals surface area contributed by atoms with Crippen LogP contribution in [-0.4, -0.2) is 11.6 Å². The van der Waals surface area contributed by atoms with Gasteiger partial charge in [-0.3, -0.25) is 4.79 Å². The number of rotatable bonds is 7. The molecule has 24 heavy (non-hydrogen) atoms. The molecule has 0 aromatic rings. The summed E-state index contributed by atoms with van der Waals surface area (Å²) in [6.07, 6.45) is 10.8. The monoisotopic (exact) mass is 336 g/mol. The van der Waals surface area contributed by atoms with Gasteiger partial charge in [0, 0.05) is 5.92 Å². The van der Waals surface area contributed by atoms with Crippen LogP contribution >= 0.6 is 0 Å². The van der Waals surface area contributed by atoms with E-state index in [2.05, 4.69) is 27.7 Å². The lowest BCUT2D eigenvalue weighted by Gasteiger charge is -2.43. The number of hydrogen-bond donors (Lipinski definition) is 0. The molecule has 4 unspecified atom stereocenters. The molecule has 2 nitrogen and oxygen atoms in total. The number of carbonyl (C=O) groups excluding carboxylic acids is 1. The summed E-state index contributed by atoms with van der Waals surface area (Å²) in [4.78, 5) is 12.8. The van der Waals surface area contributed by atoms with E-state index in [9.17, 15) is 4.79 Å². The zero-order valence-electron chi connectivity index (χ0n) is 17.0. The predicted octanol–water partition coefficient (Wildman–Crippen LogP) is 6.38. The summed E-state index contributed by atoms with van der Waals surface area (Å²) in [5.41, 5.74) is -0.609. The van der Waals surface area contributed by atoms with Crippen molar-refractivity contribution < 1.29 is 9.53 Å². The van der Waals surface area contributed by atoms with E-state index >= 15 is 0 Å². The molecule has 2 fully saturated rings. The van der Waals surface area contributed by atoms with Crippen LogP contribution in [0, 0.1) is 29.1 Å². The average Bonchev–Trinajstić information content (AvgIpc) is 3.21. The number of hydrogen-bond acceptors (Lipinski definition) is 2. The lowest BCUT2D eigenvalue weighted by atomic mass is 9.71. The first-order valence-corrected chi connectivity index (χ1v) is 10.5. The Morgan fingerprint density at radius 2 is 1.67 bits per heavy atom. The molecule has 2 aliphatic carbocycles. The lowest BCUT2D eigenvalue weighted by Crippen LogP contribution is -2.47. The second kappa shape index (κ2) is 7.79. The molecular formula is C22H40O2. The lowest BCUT2D eigenvalue weighted by molar-refractivity contribution is -0.181. The number of ether oxygens (including phenoxy) is 1. The Labute approximate surface area is 150 Å². The van der Waals surface area contributed by atoms with Crippen LogP contribution in [0.25, 0.3) is 0 Å². The molecular weight excluding hydrogens is 296 g/mol. The van der Waals surface area contributed by atoms with Crippen molar-refractivity contribution in [3.63, 3.8) is 0 Å². The molecule has 0 saturated heterocycles. The second-order valence-corrected chi connectivity index (χ2v) is 9.28. The minimum Gasteiger partial charge on any atom is -0.458 e. The molecule has 0 N–H and O–H groups in total. The van der Waals surface area contributed by atoms with Crippen molar-refractivity contribution in [2.45, 2.75) is 105 Å². The Kier molecular flexibility index (Phi) is 6.42. The van der Waals surface area contributed by atoms with Crippen molar-refractivity contribution in [1.29, 1.82) is 0 Å². The fraction of sp³-hybridized carbons (Fsp3) is 0.955. The van der Waals surface area contributed by atoms with Crippen molar-refractivity contribution in [2.75, 3.05) is 0 Å². The van der Waals surface area contributed by atoms with Crippen LogP contribution in [0.5, 0.6) is 0 Å². The van der Waals surface area contributed by atoms with Crippen LogP contribution in [0.3, 0.4) is 0 Å². The van der Waals surface area contributed by atoms with Crippen LogP contribution < -0.4 is 0 Å². The first kappa shape index (κ1) is 19.8. The van der Waals surface area contributed by atoms with Crippen molar-refractivity contribution in [1.82, 2.24) is 0 Å². The van der Waals surface area contributed by atoms with Gasteiger partial charge in [-0.1, -0.05) is 40.5 Å². The van der Waals surface area contributed by atoms with Crippen LogP contribution in [-0.2, 0) is 9.53 Å². The van der Waals surface area contributed by atoms with Gasteiger partial charge in [0.15, 0.2) is 0 Å². The molecule has 2 heteroatoms. The van der Waals surface area contributed by atoms with Crippen molar-refractivity contribution in [3.05, 3.63) is 0 Å². The third-order valence-corrected chi connectivity index (χ3v) is 7.52. The van der Waals surface area contributed by atoms with Gasteiger partial charge in [0.2, 0.25) is 0 Å². The fourth-order valence-corrected chi connectivity index (χ4v) is 5.31. The molecule has 2 saturated carbocycles. The molecule has 0 aromatic carbocycles. The molecule has 0 heterocycles. The van der Waals surface area contributed by atoms with Crippen molar-refractivity contribution in [3.8, 4) is 0 Å². The molecule has 140 valence electrons. The van der Waals surface area contributed by atoms with Crippen LogP contribution in [0.15, 0.2) is 0 Å². The van der Waals surface area contributed by atoms with E-state index in [-0.39, 0.29) is 17.0 Å². The number of carbonyl (C=O) groups is 1. The summed E-state index contributed by atoms with van der Waals surface area (Å²) in [5, 5.41) is 0. The van der Waals surface area contributed by atoms with Gasteiger partial charge in [-0.25, -0.2) is 0 Å². The van der Waals surface area contributed by atoms with Gasteiger partial charge in [-0.15, -0.1) is 0 Å². The normalized spacial score (nSPS) is 31.4. The van der Waals surface area contributed by atoms with E-state index in [0.29, 0.717) is 5.92 Å². The molecule has 2 rings (SSSR count). The van der Waals surface area contributed by atoms with Gasteiger partial charge >= 0.3 is 5.97 Å². The highest BCUT2D eigenvalue weighted by molar-refractivity contribution is 5.76. The van der Waals surface area contributed by atoms with Gasteiger partial charge < -0.3 is 4.74 Å². The summed E-state index contributed by atoms with van der Waals surface area (Å²) < 4.78 is 6.35. The van der Waals surface area contributed by atoms with E-state index in [0.717, 1.165) is 37.0 Å². The van der Waals surface area contributed by atoms with Crippen molar-refractivity contribution in [2.24, 2.45) is 29.1 Å². The van der Waals surface area contributed by atoms with Crippen LogP contribution in [0.1, 0.15) is 99.3 Å². The third-order valence-electron chi connectivity index (χ3n) is 7.52. The van der Waals surface area contributed by atoms with Gasteiger partial charge in [0.1, 0.15) is 5.60 Å². The Hall–Kier alpha value is -0.530. The predicted molar refractivity (Wildman–Crippen MR) is 101 cm³/mol. The Bertz CT molecular complexity index is 422. The zero-order valence-corrected chi connectivity index (χ0v) is 17.0. The summed E-state index contributed by atoms with van der Waals surface area (Å²) in [6, 6.07) is 0. The highest BCUT2D eigenvalue weighted by Crippen LogP contribution is 2.52. The Morgan fingerprint density at radius 1 is 1.00 bits per heavy atom. The van der Waals surface area contributed by atoms with Crippen LogP contribution in [0.2, 0.25) is 0 Å². The summed E-state index contributed by atoms with van der Waals surface area (Å²) >= 11 is 0. The largest absolute Gasteiger partial charge is 0.458 e. The molecule has 2 aliphatic rings. The van der Waals surface area contributed by atoms with E-state index < -0.39 is 0 Å². The van der Waals surface area contributed by atoms with Gasteiger partial charge in [-0.05, 0) is 76.5 Å². The second-order valence-electron chi connectivity index (χ2n) is 9.28. The molecule has 0 radical (unpaired) electrons. The third kappa shape index (κ3) is 3.83. The Balaban J connectivity index is 2.19. The summed E-state index contributed by atoms with van der Waals surface area (Å²) in [5.74, 6) is 3.10. The maximum Gasteiger partial charge on any atom is 0.312 e. The number of esters is 1. The van der Waals surface area contributed by atoms with Crippen molar-refractivity contribution >= 4 is 5.97 Å². The zero-order chi connectivity index (χ0) is 18.0. The quantitative estimate of drug-likeness (QED) is 0.504. The van der Waals surface area contributed by atoms with E-state index in [4.69, 9.17) is 4.74 Å². The Morgan fingerprint density at radius 3 is 2.17 bits per heavy atom. The molecule has 4 atom stereocenters. The van der Waals surface area contributed by atoms with E-state index in [1.165, 1.54) is 38.5 Å². The molecule has 0 aliphatic heterocycles. The molecule has 0 aromatic heterocycles. The fourth-order valence-electron chi connectivity index (χ4n) is 5.31. The van der Waals surface area contributed by atoms with Crippen LogP contribution in [0.4, 0.5) is 0 Å². The van der Waals surface area contributed by atoms with E-state index in [1.807, 2.05) is 13.8 Å². The first-order valence-electron chi connectivity index (χ1n) is 10.5. The maximum atomic E-state index is 12.8. The van der Waals surface area contributed by atoms with Gasteiger partial charge in [0.25, 0.3) is 0 Å². The highest BCUT2D eigenvalue weighted by atomic mass is 16.6. The maximum absolute atomic E-state index is 12.8. The molecule has 0 bridgehead atoms. The molecule has 0 amide bonds. The smallest absolute Gasteiger partial charge is 0.312 e. The summed E-state index contributed by atoms with van der Waals surface area (Å²) in [6.45, 7) is 13.0. The average molecular weight is 337 g/mol. The topological polar surface area (TPSA) is 26.3 Å². The SMILES string of the molecule is CCC(C)(C)C(=O)OC(CC)(CC)C1CCCC1C1CCC(C)C1. The van der Waals surface area contributed by atoms with Gasteiger partial charge in [-0.2, -0.15) is 0 Å². The minimum atomic E-state index is -0.369. The van der Waals surface area contributed by atoms with E-state index in [1.54, 1.807) is 0 Å². The highest BCUT2D eigenvalue weighted by Gasteiger charge is 2.49. The summed E-state index contributed by atoms with van der Waals surface area (Å²) in [7, 11) is 0. The first-order chi connectivity index (χ1) is 11.3.